The van der Waals surface area contributed by atoms with E-state index in [9.17, 15) is 10.1 Å². The van der Waals surface area contributed by atoms with Crippen molar-refractivity contribution in [3.63, 3.8) is 0 Å². The largest absolute Gasteiger partial charge is 0.454 e. The smallest absolute Gasteiger partial charge is 0.272 e. The highest BCUT2D eigenvalue weighted by Gasteiger charge is 2.16. The Kier molecular flexibility index (Phi) is 4.68. The van der Waals surface area contributed by atoms with Gasteiger partial charge in [-0.05, 0) is 34.1 Å². The number of benzene rings is 2. The minimum absolute atomic E-state index is 0.0229. The molecule has 5 nitrogen and oxygen atoms in total. The zero-order valence-corrected chi connectivity index (χ0v) is 13.2. The number of ether oxygens (including phenoxy) is 1. The van der Waals surface area contributed by atoms with E-state index in [0.717, 1.165) is 12.1 Å². The van der Waals surface area contributed by atoms with Crippen LogP contribution in [0.25, 0.3) is 0 Å². The Morgan fingerprint density at radius 3 is 2.33 bits per heavy atom. The Balaban J connectivity index is 2.38. The fraction of sp³-hybridized carbons (Fsp3) is 0. The molecule has 0 aromatic heterocycles. The highest BCUT2D eigenvalue weighted by molar-refractivity contribution is 9.10. The lowest BCUT2D eigenvalue weighted by Crippen LogP contribution is -1.92. The lowest BCUT2D eigenvalue weighted by atomic mass is 10.2. The van der Waals surface area contributed by atoms with Crippen molar-refractivity contribution >= 4 is 44.8 Å². The molecule has 106 valence electrons. The molecule has 0 unspecified atom stereocenters. The van der Waals surface area contributed by atoms with Gasteiger partial charge in [0.05, 0.1) is 20.5 Å². The molecule has 8 heteroatoms. The number of rotatable bonds is 3. The van der Waals surface area contributed by atoms with Crippen LogP contribution < -0.4 is 4.74 Å². The molecule has 0 saturated heterocycles. The molecular formula is C13H5BrCl2N2O3. The van der Waals surface area contributed by atoms with Crippen molar-refractivity contribution in [1.29, 1.82) is 5.26 Å². The van der Waals surface area contributed by atoms with Crippen molar-refractivity contribution in [2.24, 2.45) is 0 Å². The SMILES string of the molecule is N#Cc1ccc(Oc2c(Cl)cc([N+](=O)[O-])cc2Cl)cc1Br. The molecule has 0 aliphatic carbocycles. The first-order valence-corrected chi connectivity index (χ1v) is 6.98. The van der Waals surface area contributed by atoms with Crippen LogP contribution in [-0.2, 0) is 0 Å². The lowest BCUT2D eigenvalue weighted by molar-refractivity contribution is -0.384. The number of nitriles is 1. The zero-order chi connectivity index (χ0) is 15.6. The van der Waals surface area contributed by atoms with Crippen LogP contribution in [-0.4, -0.2) is 4.92 Å². The quantitative estimate of drug-likeness (QED) is 0.526. The van der Waals surface area contributed by atoms with Crippen LogP contribution in [0.2, 0.25) is 10.0 Å². The van der Waals surface area contributed by atoms with Crippen LogP contribution in [0.4, 0.5) is 5.69 Å². The Morgan fingerprint density at radius 1 is 1.24 bits per heavy atom. The van der Waals surface area contributed by atoms with Crippen LogP contribution in [0.15, 0.2) is 34.8 Å². The molecule has 21 heavy (non-hydrogen) atoms. The third-order valence-electron chi connectivity index (χ3n) is 2.47. The molecule has 0 aliphatic rings. The van der Waals surface area contributed by atoms with Crippen LogP contribution in [0.3, 0.4) is 0 Å². The molecule has 0 aliphatic heterocycles. The highest BCUT2D eigenvalue weighted by Crippen LogP contribution is 2.39. The molecule has 2 aromatic carbocycles. The first-order chi connectivity index (χ1) is 9.92. The van der Waals surface area contributed by atoms with Gasteiger partial charge in [-0.3, -0.25) is 10.1 Å². The van der Waals surface area contributed by atoms with Gasteiger partial charge in [0.2, 0.25) is 0 Å². The van der Waals surface area contributed by atoms with E-state index in [1.165, 1.54) is 0 Å². The molecule has 0 radical (unpaired) electrons. The highest BCUT2D eigenvalue weighted by atomic mass is 79.9. The van der Waals surface area contributed by atoms with Gasteiger partial charge in [-0.2, -0.15) is 5.26 Å². The van der Waals surface area contributed by atoms with Crippen LogP contribution in [0.5, 0.6) is 11.5 Å². The van der Waals surface area contributed by atoms with Gasteiger partial charge < -0.3 is 4.74 Å². The Hall–Kier alpha value is -1.81. The molecule has 2 aromatic rings. The van der Waals surface area contributed by atoms with Crippen molar-refractivity contribution in [3.05, 3.63) is 60.5 Å². The van der Waals surface area contributed by atoms with Crippen molar-refractivity contribution in [2.75, 3.05) is 0 Å². The second kappa shape index (κ2) is 6.31. The first kappa shape index (κ1) is 15.6. The summed E-state index contributed by atoms with van der Waals surface area (Å²) in [7, 11) is 0. The van der Waals surface area contributed by atoms with Crippen molar-refractivity contribution in [2.45, 2.75) is 0 Å². The predicted octanol–water partition coefficient (Wildman–Crippen LogP) is 5.33. The third-order valence-corrected chi connectivity index (χ3v) is 3.69. The maximum Gasteiger partial charge on any atom is 0.272 e. The topological polar surface area (TPSA) is 76.2 Å². The number of nitrogens with zero attached hydrogens (tertiary/aromatic N) is 2. The summed E-state index contributed by atoms with van der Waals surface area (Å²) in [5.41, 5.74) is 0.224. The number of hydrogen-bond acceptors (Lipinski definition) is 4. The summed E-state index contributed by atoms with van der Waals surface area (Å²) < 4.78 is 6.08. The van der Waals surface area contributed by atoms with E-state index in [4.69, 9.17) is 33.2 Å². The van der Waals surface area contributed by atoms with Gasteiger partial charge in [-0.25, -0.2) is 0 Å². The van der Waals surface area contributed by atoms with Gasteiger partial charge >= 0.3 is 0 Å². The average Bonchev–Trinajstić information content (AvgIpc) is 2.42. The lowest BCUT2D eigenvalue weighted by Gasteiger charge is -2.10. The zero-order valence-electron chi connectivity index (χ0n) is 10.1. The number of non-ortho nitro benzene ring substituents is 1. The van der Waals surface area contributed by atoms with Gasteiger partial charge in [0.1, 0.15) is 11.8 Å². The molecule has 0 amide bonds. The minimum Gasteiger partial charge on any atom is -0.454 e. The van der Waals surface area contributed by atoms with Crippen LogP contribution in [0, 0.1) is 21.4 Å². The maximum atomic E-state index is 10.7. The third kappa shape index (κ3) is 3.45. The summed E-state index contributed by atoms with van der Waals surface area (Å²) in [6, 6.07) is 9.01. The van der Waals surface area contributed by atoms with Crippen molar-refractivity contribution < 1.29 is 9.66 Å². The number of halogens is 3. The predicted molar refractivity (Wildman–Crippen MR) is 82.0 cm³/mol. The summed E-state index contributed by atoms with van der Waals surface area (Å²) >= 11 is 15.1. The van der Waals surface area contributed by atoms with E-state index in [-0.39, 0.29) is 21.5 Å². The van der Waals surface area contributed by atoms with Crippen molar-refractivity contribution in [1.82, 2.24) is 0 Å². The molecule has 0 spiro atoms. The summed E-state index contributed by atoms with van der Waals surface area (Å²) in [6.07, 6.45) is 0. The maximum absolute atomic E-state index is 10.7. The standard InChI is InChI=1S/C13H5BrCl2N2O3/c14-10-5-9(2-1-7(10)6-17)21-13-11(15)3-8(18(19)20)4-12(13)16/h1-5H. The van der Waals surface area contributed by atoms with Crippen LogP contribution >= 0.6 is 39.1 Å². The molecule has 0 N–H and O–H groups in total. The summed E-state index contributed by atoms with van der Waals surface area (Å²) in [6.45, 7) is 0. The van der Waals surface area contributed by atoms with Gasteiger partial charge in [0, 0.05) is 16.6 Å². The average molecular weight is 388 g/mol. The number of hydrogen-bond donors (Lipinski definition) is 0. The molecule has 0 saturated carbocycles. The van der Waals surface area contributed by atoms with Crippen molar-refractivity contribution in [3.8, 4) is 17.6 Å². The Bertz CT molecular complexity index is 751. The normalized spacial score (nSPS) is 10.0. The summed E-state index contributed by atoms with van der Waals surface area (Å²) in [5.74, 6) is 0.499. The van der Waals surface area contributed by atoms with E-state index >= 15 is 0 Å². The van der Waals surface area contributed by atoms with E-state index in [1.54, 1.807) is 18.2 Å². The fourth-order valence-corrected chi connectivity index (χ4v) is 2.52. The van der Waals surface area contributed by atoms with E-state index < -0.39 is 4.92 Å². The van der Waals surface area contributed by atoms with Gasteiger partial charge in [-0.15, -0.1) is 0 Å². The van der Waals surface area contributed by atoms with Gasteiger partial charge in [-0.1, -0.05) is 23.2 Å². The molecular weight excluding hydrogens is 383 g/mol. The Morgan fingerprint density at radius 2 is 1.86 bits per heavy atom. The van der Waals surface area contributed by atoms with E-state index in [2.05, 4.69) is 15.9 Å². The van der Waals surface area contributed by atoms with Gasteiger partial charge in [0.25, 0.3) is 5.69 Å². The summed E-state index contributed by atoms with van der Waals surface area (Å²) in [4.78, 5) is 10.1. The van der Waals surface area contributed by atoms with E-state index in [1.807, 2.05) is 6.07 Å². The second-order valence-corrected chi connectivity index (χ2v) is 5.52. The molecule has 0 bridgehead atoms. The monoisotopic (exact) mass is 386 g/mol. The fourth-order valence-electron chi connectivity index (χ4n) is 1.52. The molecule has 0 fully saturated rings. The second-order valence-electron chi connectivity index (χ2n) is 3.85. The first-order valence-electron chi connectivity index (χ1n) is 5.43. The minimum atomic E-state index is -0.597. The molecule has 0 heterocycles. The Labute approximate surface area is 137 Å². The molecule has 0 atom stereocenters. The van der Waals surface area contributed by atoms with Gasteiger partial charge in [0.15, 0.2) is 5.75 Å². The summed E-state index contributed by atoms with van der Waals surface area (Å²) in [5, 5.41) is 19.6. The molecule has 2 rings (SSSR count). The number of nitro benzene ring substituents is 1. The van der Waals surface area contributed by atoms with Crippen LogP contribution in [0.1, 0.15) is 5.56 Å². The number of nitro groups is 1. The van der Waals surface area contributed by atoms with E-state index in [0.29, 0.717) is 15.8 Å².